The second-order valence-electron chi connectivity index (χ2n) is 3.66. The Hall–Kier alpha value is -2.41. The summed E-state index contributed by atoms with van der Waals surface area (Å²) in [5.74, 6) is 0.689. The van der Waals surface area contributed by atoms with Crippen LogP contribution < -0.4 is 5.32 Å². The molecule has 4 nitrogen and oxygen atoms in total. The summed E-state index contributed by atoms with van der Waals surface area (Å²) in [6.07, 6.45) is 3.38. The molecule has 1 N–H and O–H groups in total. The maximum atomic E-state index is 8.77. The molecule has 17 heavy (non-hydrogen) atoms. The molecule has 2 aromatic rings. The van der Waals surface area contributed by atoms with E-state index in [9.17, 15) is 0 Å². The van der Waals surface area contributed by atoms with Gasteiger partial charge in [0.25, 0.3) is 0 Å². The Bertz CT molecular complexity index is 557. The van der Waals surface area contributed by atoms with E-state index >= 15 is 0 Å². The first kappa shape index (κ1) is 11.1. The van der Waals surface area contributed by atoms with Gasteiger partial charge in [0.05, 0.1) is 23.9 Å². The van der Waals surface area contributed by atoms with Gasteiger partial charge >= 0.3 is 0 Å². The van der Waals surface area contributed by atoms with Crippen LogP contribution in [0.25, 0.3) is 0 Å². The number of aryl methyl sites for hydroxylation is 1. The average molecular weight is 224 g/mol. The van der Waals surface area contributed by atoms with Crippen LogP contribution in [0.1, 0.15) is 16.8 Å². The Morgan fingerprint density at radius 3 is 2.94 bits per heavy atom. The predicted octanol–water partition coefficient (Wildman–Crippen LogP) is 2.27. The maximum absolute atomic E-state index is 8.77. The molecule has 4 heteroatoms. The maximum Gasteiger partial charge on any atom is 0.127 e. The zero-order chi connectivity index (χ0) is 12.1. The molecule has 2 heterocycles. The van der Waals surface area contributed by atoms with E-state index in [2.05, 4.69) is 21.4 Å². The molecule has 0 aliphatic rings. The SMILES string of the molecule is Cc1cccnc1CNc1cc(C#N)ccn1. The summed E-state index contributed by atoms with van der Waals surface area (Å²) in [6, 6.07) is 9.41. The summed E-state index contributed by atoms with van der Waals surface area (Å²) >= 11 is 0. The third kappa shape index (κ3) is 2.79. The van der Waals surface area contributed by atoms with Crippen molar-refractivity contribution in [3.8, 4) is 6.07 Å². The van der Waals surface area contributed by atoms with Crippen LogP contribution in [-0.4, -0.2) is 9.97 Å². The van der Waals surface area contributed by atoms with E-state index < -0.39 is 0 Å². The van der Waals surface area contributed by atoms with Crippen molar-refractivity contribution in [2.45, 2.75) is 13.5 Å². The first-order valence-corrected chi connectivity index (χ1v) is 5.30. The number of pyridine rings is 2. The van der Waals surface area contributed by atoms with Gasteiger partial charge in [0.2, 0.25) is 0 Å². The monoisotopic (exact) mass is 224 g/mol. The van der Waals surface area contributed by atoms with Crippen molar-refractivity contribution >= 4 is 5.82 Å². The van der Waals surface area contributed by atoms with E-state index in [0.717, 1.165) is 11.3 Å². The van der Waals surface area contributed by atoms with Crippen LogP contribution in [-0.2, 0) is 6.54 Å². The summed E-state index contributed by atoms with van der Waals surface area (Å²) in [5.41, 5.74) is 2.72. The van der Waals surface area contributed by atoms with Crippen LogP contribution in [0.15, 0.2) is 36.7 Å². The van der Waals surface area contributed by atoms with Gasteiger partial charge in [-0.1, -0.05) is 6.07 Å². The molecule has 2 rings (SSSR count). The number of rotatable bonds is 3. The van der Waals surface area contributed by atoms with Gasteiger partial charge in [-0.3, -0.25) is 4.98 Å². The van der Waals surface area contributed by atoms with Crippen molar-refractivity contribution in [1.82, 2.24) is 9.97 Å². The standard InChI is InChI=1S/C13H12N4/c1-10-3-2-5-15-12(10)9-17-13-7-11(8-14)4-6-16-13/h2-7H,9H2,1H3,(H,16,17). The van der Waals surface area contributed by atoms with Crippen LogP contribution in [0.2, 0.25) is 0 Å². The summed E-state index contributed by atoms with van der Waals surface area (Å²) < 4.78 is 0. The number of anilines is 1. The molecule has 0 saturated heterocycles. The zero-order valence-corrected chi connectivity index (χ0v) is 9.51. The fraction of sp³-hybridized carbons (Fsp3) is 0.154. The lowest BCUT2D eigenvalue weighted by Gasteiger charge is -2.07. The largest absolute Gasteiger partial charge is 0.364 e. The minimum atomic E-state index is 0.597. The lowest BCUT2D eigenvalue weighted by atomic mass is 10.2. The highest BCUT2D eigenvalue weighted by Crippen LogP contribution is 2.09. The van der Waals surface area contributed by atoms with Crippen molar-refractivity contribution in [2.24, 2.45) is 0 Å². The summed E-state index contributed by atoms with van der Waals surface area (Å²) in [4.78, 5) is 8.42. The molecule has 0 atom stereocenters. The molecule has 0 bridgehead atoms. The van der Waals surface area contributed by atoms with Crippen LogP contribution in [0.4, 0.5) is 5.82 Å². The average Bonchev–Trinajstić information content (AvgIpc) is 2.38. The number of nitrogens with one attached hydrogen (secondary N) is 1. The zero-order valence-electron chi connectivity index (χ0n) is 9.51. The van der Waals surface area contributed by atoms with Crippen molar-refractivity contribution in [2.75, 3.05) is 5.32 Å². The van der Waals surface area contributed by atoms with Crippen molar-refractivity contribution in [1.29, 1.82) is 5.26 Å². The molecular formula is C13H12N4. The lowest BCUT2D eigenvalue weighted by molar-refractivity contribution is 1.00. The van der Waals surface area contributed by atoms with Crippen LogP contribution in [0.3, 0.4) is 0 Å². The van der Waals surface area contributed by atoms with Gasteiger partial charge in [0.1, 0.15) is 5.82 Å². The van der Waals surface area contributed by atoms with E-state index in [-0.39, 0.29) is 0 Å². The number of nitrogens with zero attached hydrogens (tertiary/aromatic N) is 3. The third-order valence-corrected chi connectivity index (χ3v) is 2.44. The second kappa shape index (κ2) is 5.08. The minimum Gasteiger partial charge on any atom is -0.364 e. The highest BCUT2D eigenvalue weighted by Gasteiger charge is 2.00. The Kier molecular flexibility index (Phi) is 3.31. The summed E-state index contributed by atoms with van der Waals surface area (Å²) in [7, 11) is 0. The van der Waals surface area contributed by atoms with Gasteiger partial charge < -0.3 is 5.32 Å². The fourth-order valence-electron chi connectivity index (χ4n) is 1.47. The number of hydrogen-bond acceptors (Lipinski definition) is 4. The highest BCUT2D eigenvalue weighted by molar-refractivity contribution is 5.42. The van der Waals surface area contributed by atoms with Crippen LogP contribution in [0, 0.1) is 18.3 Å². The first-order chi connectivity index (χ1) is 8.29. The quantitative estimate of drug-likeness (QED) is 0.868. The van der Waals surface area contributed by atoms with E-state index in [1.165, 1.54) is 0 Å². The van der Waals surface area contributed by atoms with Crippen LogP contribution >= 0.6 is 0 Å². The van der Waals surface area contributed by atoms with Crippen molar-refractivity contribution in [3.63, 3.8) is 0 Å². The molecule has 84 valence electrons. The molecule has 0 aromatic carbocycles. The Labute approximate surface area is 100.0 Å². The molecule has 0 amide bonds. The second-order valence-corrected chi connectivity index (χ2v) is 3.66. The van der Waals surface area contributed by atoms with Crippen molar-refractivity contribution in [3.05, 3.63) is 53.5 Å². The van der Waals surface area contributed by atoms with E-state index in [4.69, 9.17) is 5.26 Å². The molecule has 0 saturated carbocycles. The van der Waals surface area contributed by atoms with Gasteiger partial charge in [0.15, 0.2) is 0 Å². The topological polar surface area (TPSA) is 61.6 Å². The highest BCUT2D eigenvalue weighted by atomic mass is 15.0. The molecule has 2 aromatic heterocycles. The Morgan fingerprint density at radius 1 is 1.29 bits per heavy atom. The number of nitriles is 1. The minimum absolute atomic E-state index is 0.597. The molecule has 0 aliphatic carbocycles. The molecule has 0 spiro atoms. The van der Waals surface area contributed by atoms with Gasteiger partial charge in [-0.2, -0.15) is 5.26 Å². The lowest BCUT2D eigenvalue weighted by Crippen LogP contribution is -2.04. The molecule has 0 unspecified atom stereocenters. The van der Waals surface area contributed by atoms with E-state index in [0.29, 0.717) is 17.9 Å². The first-order valence-electron chi connectivity index (χ1n) is 5.30. The smallest absolute Gasteiger partial charge is 0.127 e. The normalized spacial score (nSPS) is 9.65. The van der Waals surface area contributed by atoms with Crippen molar-refractivity contribution < 1.29 is 0 Å². The summed E-state index contributed by atoms with van der Waals surface area (Å²) in [5, 5.41) is 11.9. The van der Waals surface area contributed by atoms with E-state index in [1.807, 2.05) is 19.1 Å². The predicted molar refractivity (Wildman–Crippen MR) is 65.3 cm³/mol. The van der Waals surface area contributed by atoms with Crippen LogP contribution in [0.5, 0.6) is 0 Å². The van der Waals surface area contributed by atoms with E-state index in [1.54, 1.807) is 24.5 Å². The van der Waals surface area contributed by atoms with Gasteiger partial charge in [-0.25, -0.2) is 4.98 Å². The Morgan fingerprint density at radius 2 is 2.18 bits per heavy atom. The Balaban J connectivity index is 2.08. The molecule has 0 aliphatic heterocycles. The van der Waals surface area contributed by atoms with Gasteiger partial charge in [-0.15, -0.1) is 0 Å². The molecule has 0 radical (unpaired) electrons. The van der Waals surface area contributed by atoms with Gasteiger partial charge in [-0.05, 0) is 30.7 Å². The fourth-order valence-corrected chi connectivity index (χ4v) is 1.47. The van der Waals surface area contributed by atoms with Gasteiger partial charge in [0, 0.05) is 12.4 Å². The summed E-state index contributed by atoms with van der Waals surface area (Å²) in [6.45, 7) is 2.62. The molecule has 0 fully saturated rings. The molecular weight excluding hydrogens is 212 g/mol. The third-order valence-electron chi connectivity index (χ3n) is 2.44. The number of hydrogen-bond donors (Lipinski definition) is 1. The number of aromatic nitrogens is 2.